The lowest BCUT2D eigenvalue weighted by Crippen LogP contribution is -2.46. The van der Waals surface area contributed by atoms with E-state index in [4.69, 9.17) is 5.41 Å². The van der Waals surface area contributed by atoms with Crippen molar-refractivity contribution in [1.29, 1.82) is 5.41 Å². The molecule has 0 bridgehead atoms. The predicted octanol–water partition coefficient (Wildman–Crippen LogP) is 3.28. The first-order valence-corrected chi connectivity index (χ1v) is 13.5. The largest absolute Gasteiger partial charge is 0.351 e. The molecule has 1 aliphatic carbocycles. The summed E-state index contributed by atoms with van der Waals surface area (Å²) in [7, 11) is 0. The lowest BCUT2D eigenvalue weighted by molar-refractivity contribution is -0.120. The van der Waals surface area contributed by atoms with Gasteiger partial charge in [-0.1, -0.05) is 42.5 Å². The molecule has 198 valence electrons. The molecule has 1 saturated heterocycles. The van der Waals surface area contributed by atoms with Crippen molar-refractivity contribution in [2.45, 2.75) is 38.1 Å². The fourth-order valence-corrected chi connectivity index (χ4v) is 5.81. The molecule has 2 amide bonds. The summed E-state index contributed by atoms with van der Waals surface area (Å²) in [5.74, 6) is 0.171. The van der Waals surface area contributed by atoms with E-state index in [-0.39, 0.29) is 17.5 Å². The average molecular weight is 513 g/mol. The number of carbonyl (C=O) groups is 2. The number of pyridine rings is 1. The zero-order chi connectivity index (χ0) is 26.5. The molecule has 1 spiro atoms. The fraction of sp³-hybridized carbons (Fsp3) is 0.400. The van der Waals surface area contributed by atoms with Crippen molar-refractivity contribution in [2.24, 2.45) is 0 Å². The lowest BCUT2D eigenvalue weighted by Gasteiger charge is -2.34. The Morgan fingerprint density at radius 1 is 1.08 bits per heavy atom. The van der Waals surface area contributed by atoms with Crippen molar-refractivity contribution in [1.82, 2.24) is 20.1 Å². The minimum Gasteiger partial charge on any atom is -0.351 e. The number of carbonyl (C=O) groups excluding carboxylic acids is 2. The summed E-state index contributed by atoms with van der Waals surface area (Å²) in [5, 5.41) is 14.2. The molecule has 38 heavy (non-hydrogen) atoms. The second-order valence-electron chi connectivity index (χ2n) is 10.4. The fourth-order valence-electron chi connectivity index (χ4n) is 5.81. The Morgan fingerprint density at radius 2 is 1.82 bits per heavy atom. The van der Waals surface area contributed by atoms with E-state index < -0.39 is 5.41 Å². The maximum Gasteiger partial charge on any atom is 0.269 e. The number of hydrogen-bond donors (Lipinski definition) is 3. The van der Waals surface area contributed by atoms with E-state index in [0.717, 1.165) is 62.4 Å². The van der Waals surface area contributed by atoms with E-state index in [0.29, 0.717) is 25.2 Å². The van der Waals surface area contributed by atoms with E-state index in [1.165, 1.54) is 5.56 Å². The van der Waals surface area contributed by atoms with Crippen molar-refractivity contribution >= 4 is 23.3 Å². The number of nitrogens with one attached hydrogen (secondary N) is 3. The highest BCUT2D eigenvalue weighted by molar-refractivity contribution is 6.42. The Balaban J connectivity index is 1.08. The Kier molecular flexibility index (Phi) is 7.81. The van der Waals surface area contributed by atoms with Crippen molar-refractivity contribution in [3.05, 3.63) is 83.1 Å². The lowest BCUT2D eigenvalue weighted by atomic mass is 9.80. The number of nitrogens with zero attached hydrogens (tertiary/aromatic N) is 3. The summed E-state index contributed by atoms with van der Waals surface area (Å²) < 4.78 is 0. The summed E-state index contributed by atoms with van der Waals surface area (Å²) in [6.45, 7) is 8.56. The van der Waals surface area contributed by atoms with Gasteiger partial charge in [0, 0.05) is 51.0 Å². The van der Waals surface area contributed by atoms with Crippen LogP contribution in [0, 0.1) is 5.41 Å². The third-order valence-electron chi connectivity index (χ3n) is 7.95. The van der Waals surface area contributed by atoms with Gasteiger partial charge in [0.05, 0.1) is 5.41 Å². The summed E-state index contributed by atoms with van der Waals surface area (Å²) >= 11 is 0. The van der Waals surface area contributed by atoms with Crippen molar-refractivity contribution in [3.8, 4) is 0 Å². The van der Waals surface area contributed by atoms with Crippen LogP contribution in [-0.2, 0) is 21.5 Å². The minimum absolute atomic E-state index is 0.0640. The Labute approximate surface area is 224 Å². The third kappa shape index (κ3) is 5.47. The van der Waals surface area contributed by atoms with E-state index in [9.17, 15) is 9.59 Å². The monoisotopic (exact) mass is 512 g/mol. The molecule has 2 aliphatic heterocycles. The van der Waals surface area contributed by atoms with Crippen LogP contribution in [0.5, 0.6) is 0 Å². The second-order valence-corrected chi connectivity index (χ2v) is 10.4. The molecule has 1 saturated carbocycles. The molecule has 1 aromatic carbocycles. The minimum atomic E-state index is -0.709. The molecule has 1 unspecified atom stereocenters. The number of allylic oxidation sites excluding steroid dienone is 3. The highest BCUT2D eigenvalue weighted by Crippen LogP contribution is 2.52. The van der Waals surface area contributed by atoms with Gasteiger partial charge in [-0.15, -0.1) is 0 Å². The van der Waals surface area contributed by atoms with Crippen molar-refractivity contribution in [3.63, 3.8) is 0 Å². The molecule has 5 rings (SSSR count). The summed E-state index contributed by atoms with van der Waals surface area (Å²) in [4.78, 5) is 34.8. The number of hydrogen-bond acceptors (Lipinski definition) is 6. The van der Waals surface area contributed by atoms with Gasteiger partial charge in [0.15, 0.2) is 0 Å². The number of aromatic nitrogens is 1. The Bertz CT molecular complexity index is 1260. The first kappa shape index (κ1) is 26.0. The van der Waals surface area contributed by atoms with E-state index >= 15 is 0 Å². The Morgan fingerprint density at radius 3 is 2.58 bits per heavy atom. The van der Waals surface area contributed by atoms with Gasteiger partial charge in [-0.2, -0.15) is 0 Å². The van der Waals surface area contributed by atoms with Gasteiger partial charge in [-0.25, -0.2) is 4.98 Å². The molecule has 2 aromatic rings. The van der Waals surface area contributed by atoms with Crippen LogP contribution in [0.4, 0.5) is 5.82 Å². The number of benzene rings is 1. The van der Waals surface area contributed by atoms with E-state index in [1.54, 1.807) is 12.3 Å². The van der Waals surface area contributed by atoms with Gasteiger partial charge in [0.1, 0.15) is 11.5 Å². The quantitative estimate of drug-likeness (QED) is 0.372. The summed E-state index contributed by atoms with van der Waals surface area (Å²) in [5.41, 5.74) is 3.33. The molecule has 8 heteroatoms. The maximum atomic E-state index is 12.9. The third-order valence-corrected chi connectivity index (χ3v) is 7.95. The smallest absolute Gasteiger partial charge is 0.269 e. The normalized spacial score (nSPS) is 23.7. The molecule has 3 aliphatic rings. The van der Waals surface area contributed by atoms with Crippen LogP contribution in [0.3, 0.4) is 0 Å². The molecular formula is C30H36N6O2. The van der Waals surface area contributed by atoms with Gasteiger partial charge in [0.2, 0.25) is 5.91 Å². The summed E-state index contributed by atoms with van der Waals surface area (Å²) in [6.07, 6.45) is 7.14. The van der Waals surface area contributed by atoms with Crippen LogP contribution in [0.25, 0.3) is 0 Å². The van der Waals surface area contributed by atoms with Crippen LogP contribution in [0.1, 0.15) is 37.3 Å². The van der Waals surface area contributed by atoms with Gasteiger partial charge < -0.3 is 15.5 Å². The second kappa shape index (κ2) is 11.4. The summed E-state index contributed by atoms with van der Waals surface area (Å²) in [6, 6.07) is 14.4. The molecule has 3 N–H and O–H groups in total. The van der Waals surface area contributed by atoms with Gasteiger partial charge in [-0.05, 0) is 61.6 Å². The van der Waals surface area contributed by atoms with Crippen LogP contribution in [0.15, 0.2) is 72.0 Å². The van der Waals surface area contributed by atoms with Crippen LogP contribution in [-0.4, -0.2) is 71.6 Å². The van der Waals surface area contributed by atoms with E-state index in [1.807, 2.05) is 25.1 Å². The molecular weight excluding hydrogens is 476 g/mol. The number of rotatable bonds is 8. The standard InChI is InChI=1S/C30H36N6O2/c1-2-23-19-30(25-10-6-11-32-27(25)34-29(30)38)20-24(23)18-26(31)28(37)33-12-7-13-35-14-16-36(17-15-35)21-22-8-4-3-5-9-22/h2-6,8-11,18,31H,7,12-17,19-21H2,1H3,(H,33,37)(H,32,34,38)/b23-2-,24-18-,31-26?. The van der Waals surface area contributed by atoms with Crippen LogP contribution >= 0.6 is 0 Å². The maximum absolute atomic E-state index is 12.9. The zero-order valence-electron chi connectivity index (χ0n) is 22.0. The topological polar surface area (TPSA) is 101 Å². The van der Waals surface area contributed by atoms with E-state index in [2.05, 4.69) is 55.7 Å². The predicted molar refractivity (Wildman–Crippen MR) is 149 cm³/mol. The van der Waals surface area contributed by atoms with Crippen molar-refractivity contribution in [2.75, 3.05) is 44.6 Å². The number of anilines is 1. The highest BCUT2D eigenvalue weighted by atomic mass is 16.2. The molecule has 3 heterocycles. The number of piperazine rings is 1. The molecule has 1 aromatic heterocycles. The Hall–Kier alpha value is -3.62. The molecule has 2 fully saturated rings. The number of fused-ring (bicyclic) bond motifs is 2. The zero-order valence-corrected chi connectivity index (χ0v) is 22.0. The number of amides is 2. The first-order valence-electron chi connectivity index (χ1n) is 13.5. The first-order chi connectivity index (χ1) is 18.5. The van der Waals surface area contributed by atoms with Gasteiger partial charge in [0.25, 0.3) is 5.91 Å². The molecule has 0 radical (unpaired) electrons. The van der Waals surface area contributed by atoms with Crippen LogP contribution < -0.4 is 10.6 Å². The van der Waals surface area contributed by atoms with Crippen LogP contribution in [0.2, 0.25) is 0 Å². The SMILES string of the molecule is C/C=C1/CC2(C/C1=C/C(=N)C(=O)NCCCN1CCN(Cc3ccccc3)CC1)C(=O)Nc1ncccc12. The molecule has 1 atom stereocenters. The molecule has 8 nitrogen and oxygen atoms in total. The van der Waals surface area contributed by atoms with Gasteiger partial charge in [-0.3, -0.25) is 19.9 Å². The highest BCUT2D eigenvalue weighted by Gasteiger charge is 2.52. The van der Waals surface area contributed by atoms with Crippen molar-refractivity contribution < 1.29 is 9.59 Å². The van der Waals surface area contributed by atoms with Gasteiger partial charge >= 0.3 is 0 Å². The average Bonchev–Trinajstić information content (AvgIpc) is 3.44.